The molecule has 6 heteroatoms. The number of benzene rings is 4. The lowest BCUT2D eigenvalue weighted by Crippen LogP contribution is -2.28. The highest BCUT2D eigenvalue weighted by atomic mass is 19.4. The number of fused-ring (bicyclic) bond motifs is 6. The molecule has 218 valence electrons. The van der Waals surface area contributed by atoms with Crippen molar-refractivity contribution in [2.24, 2.45) is 5.92 Å². The van der Waals surface area contributed by atoms with Crippen LogP contribution in [0.4, 0.5) is 13.2 Å². The van der Waals surface area contributed by atoms with E-state index < -0.39 is 12.1 Å². The van der Waals surface area contributed by atoms with Crippen molar-refractivity contribution in [3.05, 3.63) is 138 Å². The molecule has 1 atom stereocenters. The first-order chi connectivity index (χ1) is 21.9. The van der Waals surface area contributed by atoms with Gasteiger partial charge in [0.05, 0.1) is 27.8 Å². The molecule has 0 aliphatic heterocycles. The van der Waals surface area contributed by atoms with Crippen LogP contribution in [0.3, 0.4) is 0 Å². The number of aromatic nitrogens is 2. The molecule has 45 heavy (non-hydrogen) atoms. The van der Waals surface area contributed by atoms with Gasteiger partial charge in [-0.15, -0.1) is 0 Å². The van der Waals surface area contributed by atoms with Crippen LogP contribution < -0.4 is 0 Å². The summed E-state index contributed by atoms with van der Waals surface area (Å²) in [4.78, 5) is 0. The fourth-order valence-electron chi connectivity index (χ4n) is 7.00. The van der Waals surface area contributed by atoms with E-state index in [1.807, 2.05) is 66.7 Å². The van der Waals surface area contributed by atoms with Gasteiger partial charge in [0.1, 0.15) is 12.0 Å². The molecular formula is C39H26F3N3. The molecule has 2 heterocycles. The number of hydrogen-bond acceptors (Lipinski definition) is 1. The van der Waals surface area contributed by atoms with E-state index in [4.69, 9.17) is 0 Å². The van der Waals surface area contributed by atoms with Gasteiger partial charge in [0.2, 0.25) is 0 Å². The van der Waals surface area contributed by atoms with Crippen LogP contribution in [0.5, 0.6) is 0 Å². The highest BCUT2D eigenvalue weighted by Gasteiger charge is 2.44. The number of nitriles is 1. The Morgan fingerprint density at radius 1 is 0.689 bits per heavy atom. The Hall–Kier alpha value is -5.54. The normalized spacial score (nSPS) is 16.4. The molecule has 1 unspecified atom stereocenters. The summed E-state index contributed by atoms with van der Waals surface area (Å²) < 4.78 is 47.6. The Kier molecular flexibility index (Phi) is 6.18. The van der Waals surface area contributed by atoms with Crippen molar-refractivity contribution in [3.8, 4) is 22.9 Å². The number of alkyl halides is 3. The molecule has 0 amide bonds. The van der Waals surface area contributed by atoms with E-state index in [1.54, 1.807) is 4.57 Å². The van der Waals surface area contributed by atoms with Crippen molar-refractivity contribution in [2.75, 3.05) is 0 Å². The minimum atomic E-state index is -4.52. The Labute approximate surface area is 257 Å². The van der Waals surface area contributed by atoms with Gasteiger partial charge in [0.15, 0.2) is 0 Å². The fraction of sp³-hybridized carbons (Fsp3) is 0.103. The summed E-state index contributed by atoms with van der Waals surface area (Å²) >= 11 is 0. The Morgan fingerprint density at radius 2 is 1.42 bits per heavy atom. The van der Waals surface area contributed by atoms with E-state index in [0.29, 0.717) is 11.0 Å². The molecule has 2 aliphatic carbocycles. The molecule has 3 nitrogen and oxygen atoms in total. The molecule has 0 N–H and O–H groups in total. The SMILES string of the molecule is N#CC1=C(n2c3ccc(-c4ccccc4)cc3c3cc(-n4c5c(c6ccccc64)C=CC=CC5)ccc32)C(C(F)(F)F)CC=C1. The van der Waals surface area contributed by atoms with Crippen molar-refractivity contribution >= 4 is 44.5 Å². The number of allylic oxidation sites excluding steroid dienone is 7. The molecular weight excluding hydrogens is 567 g/mol. The predicted octanol–water partition coefficient (Wildman–Crippen LogP) is 10.4. The maximum atomic E-state index is 14.6. The average molecular weight is 594 g/mol. The zero-order valence-electron chi connectivity index (χ0n) is 24.1. The first-order valence-electron chi connectivity index (χ1n) is 14.9. The van der Waals surface area contributed by atoms with Crippen molar-refractivity contribution in [1.29, 1.82) is 5.26 Å². The van der Waals surface area contributed by atoms with Gasteiger partial charge in [0.25, 0.3) is 0 Å². The maximum absolute atomic E-state index is 14.6. The first-order valence-corrected chi connectivity index (χ1v) is 14.9. The summed E-state index contributed by atoms with van der Waals surface area (Å²) in [5, 5.41) is 12.8. The van der Waals surface area contributed by atoms with Crippen molar-refractivity contribution in [1.82, 2.24) is 9.13 Å². The second-order valence-corrected chi connectivity index (χ2v) is 11.5. The summed E-state index contributed by atoms with van der Waals surface area (Å²) in [7, 11) is 0. The van der Waals surface area contributed by atoms with E-state index in [2.05, 4.69) is 59.2 Å². The molecule has 0 radical (unpaired) electrons. The van der Waals surface area contributed by atoms with Crippen molar-refractivity contribution in [3.63, 3.8) is 0 Å². The largest absolute Gasteiger partial charge is 0.397 e. The van der Waals surface area contributed by atoms with E-state index in [9.17, 15) is 18.4 Å². The van der Waals surface area contributed by atoms with Crippen molar-refractivity contribution in [2.45, 2.75) is 19.0 Å². The van der Waals surface area contributed by atoms with E-state index in [0.717, 1.165) is 56.2 Å². The lowest BCUT2D eigenvalue weighted by Gasteiger charge is -2.27. The predicted molar refractivity (Wildman–Crippen MR) is 176 cm³/mol. The first kappa shape index (κ1) is 27.0. The lowest BCUT2D eigenvalue weighted by atomic mass is 9.91. The van der Waals surface area contributed by atoms with Crippen LogP contribution in [0, 0.1) is 17.2 Å². The van der Waals surface area contributed by atoms with Crippen LogP contribution >= 0.6 is 0 Å². The highest BCUT2D eigenvalue weighted by molar-refractivity contribution is 6.12. The van der Waals surface area contributed by atoms with Crippen LogP contribution in [0.2, 0.25) is 0 Å². The molecule has 4 aromatic carbocycles. The van der Waals surface area contributed by atoms with Gasteiger partial charge in [-0.25, -0.2) is 0 Å². The van der Waals surface area contributed by atoms with Crippen LogP contribution in [-0.2, 0) is 6.42 Å². The molecule has 0 saturated heterocycles. The van der Waals surface area contributed by atoms with Gasteiger partial charge in [-0.2, -0.15) is 18.4 Å². The number of hydrogen-bond donors (Lipinski definition) is 0. The third-order valence-electron chi connectivity index (χ3n) is 8.97. The number of halogens is 3. The van der Waals surface area contributed by atoms with E-state index in [-0.39, 0.29) is 17.7 Å². The molecule has 6 aromatic rings. The number of nitrogens with zero attached hydrogens (tertiary/aromatic N) is 3. The Morgan fingerprint density at radius 3 is 2.22 bits per heavy atom. The lowest BCUT2D eigenvalue weighted by molar-refractivity contribution is -0.158. The fourth-order valence-corrected chi connectivity index (χ4v) is 7.00. The molecule has 0 saturated carbocycles. The molecule has 2 aromatic heterocycles. The summed E-state index contributed by atoms with van der Waals surface area (Å²) in [6.45, 7) is 0. The van der Waals surface area contributed by atoms with Crippen LogP contribution in [0.1, 0.15) is 17.7 Å². The molecule has 8 rings (SSSR count). The molecule has 2 aliphatic rings. The minimum absolute atomic E-state index is 0.0248. The van der Waals surface area contributed by atoms with Gasteiger partial charge in [-0.1, -0.05) is 85.0 Å². The third-order valence-corrected chi connectivity index (χ3v) is 8.97. The van der Waals surface area contributed by atoms with E-state index in [1.165, 1.54) is 12.2 Å². The topological polar surface area (TPSA) is 33.6 Å². The summed E-state index contributed by atoms with van der Waals surface area (Å²) in [6.07, 6.45) is 7.36. The smallest absolute Gasteiger partial charge is 0.313 e. The second kappa shape index (κ2) is 10.3. The van der Waals surface area contributed by atoms with Gasteiger partial charge in [-0.05, 0) is 60.0 Å². The molecule has 0 spiro atoms. The van der Waals surface area contributed by atoms with E-state index >= 15 is 0 Å². The summed E-state index contributed by atoms with van der Waals surface area (Å²) in [5.74, 6) is -1.80. The Bertz CT molecular complexity index is 2320. The maximum Gasteiger partial charge on any atom is 0.397 e. The molecule has 0 bridgehead atoms. The monoisotopic (exact) mass is 593 g/mol. The van der Waals surface area contributed by atoms with Crippen LogP contribution in [0.25, 0.3) is 61.3 Å². The highest BCUT2D eigenvalue weighted by Crippen LogP contribution is 2.46. The van der Waals surface area contributed by atoms with Crippen LogP contribution in [0.15, 0.2) is 127 Å². The zero-order chi connectivity index (χ0) is 30.7. The van der Waals surface area contributed by atoms with Crippen LogP contribution in [-0.4, -0.2) is 15.3 Å². The van der Waals surface area contributed by atoms with Gasteiger partial charge in [0, 0.05) is 39.5 Å². The summed E-state index contributed by atoms with van der Waals surface area (Å²) in [6, 6.07) is 32.2. The summed E-state index contributed by atoms with van der Waals surface area (Å²) in [5.41, 5.74) is 7.56. The molecule has 0 fully saturated rings. The third kappa shape index (κ3) is 4.27. The quantitative estimate of drug-likeness (QED) is 0.201. The van der Waals surface area contributed by atoms with Gasteiger partial charge >= 0.3 is 6.18 Å². The Balaban J connectivity index is 1.46. The number of rotatable bonds is 3. The standard InChI is InChI=1S/C39H26F3N3/c40-39(41,42)33-15-9-12-27(24-43)38(33)45-36-20-18-26(25-10-3-1-4-11-25)22-31(36)32-23-28(19-21-37(32)45)44-34-16-6-2-5-13-29(34)30-14-7-8-17-35(30)44/h1-14,17-23,33H,15-16H2. The zero-order valence-corrected chi connectivity index (χ0v) is 24.1. The average Bonchev–Trinajstić information content (AvgIpc) is 3.43. The van der Waals surface area contributed by atoms with Gasteiger partial charge < -0.3 is 9.13 Å². The van der Waals surface area contributed by atoms with Gasteiger partial charge in [-0.3, -0.25) is 0 Å². The second-order valence-electron chi connectivity index (χ2n) is 11.5. The van der Waals surface area contributed by atoms with Crippen molar-refractivity contribution < 1.29 is 13.2 Å². The minimum Gasteiger partial charge on any atom is -0.313 e. The number of para-hydroxylation sites is 1.